The Balaban J connectivity index is 0.00000144. The van der Waals surface area contributed by atoms with Crippen LogP contribution in [0, 0.1) is 0 Å². The number of hydrogen-bond acceptors (Lipinski definition) is 0. The van der Waals surface area contributed by atoms with Crippen LogP contribution < -0.4 is 24.8 Å². The summed E-state index contributed by atoms with van der Waals surface area (Å²) in [5.74, 6) is -0.0638. The van der Waals surface area contributed by atoms with Gasteiger partial charge in [-0.1, -0.05) is 0 Å². The van der Waals surface area contributed by atoms with E-state index in [1.165, 1.54) is 11.1 Å². The van der Waals surface area contributed by atoms with Gasteiger partial charge in [-0.3, -0.25) is 0 Å². The molecule has 0 fully saturated rings. The summed E-state index contributed by atoms with van der Waals surface area (Å²) in [6, 6.07) is 17.9. The third-order valence-corrected chi connectivity index (χ3v) is 13.6. The average Bonchev–Trinajstić information content (AvgIpc) is 2.79. The molecule has 1 radical (unpaired) electrons. The van der Waals surface area contributed by atoms with Crippen LogP contribution in [-0.4, -0.2) is 5.92 Å². The molecule has 3 rings (SSSR count). The first-order chi connectivity index (χ1) is 10.6. The van der Waals surface area contributed by atoms with Gasteiger partial charge in [-0.15, -0.1) is 0 Å². The fourth-order valence-electron chi connectivity index (χ4n) is 3.54. The summed E-state index contributed by atoms with van der Waals surface area (Å²) in [6.07, 6.45) is 1.16. The van der Waals surface area contributed by atoms with Crippen LogP contribution in [0.25, 0.3) is 16.7 Å². The Kier molecular flexibility index (Phi) is 8.70. The van der Waals surface area contributed by atoms with Gasteiger partial charge >= 0.3 is 147 Å². The first-order valence-corrected chi connectivity index (χ1v) is 15.7. The topological polar surface area (TPSA) is 0 Å². The summed E-state index contributed by atoms with van der Waals surface area (Å²) < 4.78 is 0.820. The molecule has 24 heavy (non-hydrogen) atoms. The van der Waals surface area contributed by atoms with E-state index in [0.29, 0.717) is 0 Å². The van der Waals surface area contributed by atoms with Crippen molar-refractivity contribution >= 4 is 11.5 Å². The van der Waals surface area contributed by atoms with Crippen LogP contribution in [0.2, 0.25) is 13.1 Å². The second kappa shape index (κ2) is 9.53. The second-order valence-corrected chi connectivity index (χ2v) is 19.4. The van der Waals surface area contributed by atoms with Crippen LogP contribution in [0.4, 0.5) is 0 Å². The van der Waals surface area contributed by atoms with E-state index < -0.39 is 0 Å². The summed E-state index contributed by atoms with van der Waals surface area (Å²) >= 11 is -0.335. The molecule has 4 heteroatoms. The van der Waals surface area contributed by atoms with Gasteiger partial charge in [-0.2, -0.15) is 0 Å². The molecule has 2 aromatic carbocycles. The Labute approximate surface area is 171 Å². The maximum atomic E-state index is 2.51. The Morgan fingerprint density at radius 2 is 1.62 bits per heavy atom. The fourth-order valence-corrected chi connectivity index (χ4v) is 12.5. The van der Waals surface area contributed by atoms with Crippen LogP contribution >= 0.6 is 0 Å². The molecule has 1 atom stereocenters. The van der Waals surface area contributed by atoms with E-state index >= 15 is 0 Å². The molecule has 2 aromatic rings. The summed E-state index contributed by atoms with van der Waals surface area (Å²) in [7, 11) is 0. The third kappa shape index (κ3) is 4.15. The summed E-state index contributed by atoms with van der Waals surface area (Å²) in [5.41, 5.74) is 9.35. The van der Waals surface area contributed by atoms with Crippen molar-refractivity contribution in [3.05, 3.63) is 65.2 Å². The van der Waals surface area contributed by atoms with Gasteiger partial charge in [0.15, 0.2) is 0 Å². The molecular formula is C20H23Cl2SiZr. The molecule has 0 heterocycles. The smallest absolute Gasteiger partial charge is 1.00 e. The van der Waals surface area contributed by atoms with Crippen LogP contribution in [0.15, 0.2) is 54.1 Å². The third-order valence-electron chi connectivity index (χ3n) is 4.49. The Bertz CT molecular complexity index is 711. The van der Waals surface area contributed by atoms with E-state index in [0.717, 1.165) is 10.0 Å². The van der Waals surface area contributed by atoms with Crippen molar-refractivity contribution in [2.24, 2.45) is 0 Å². The van der Waals surface area contributed by atoms with Crippen molar-refractivity contribution in [3.8, 4) is 11.1 Å². The van der Waals surface area contributed by atoms with Gasteiger partial charge < -0.3 is 24.8 Å². The molecule has 0 N–H and O–H groups in total. The van der Waals surface area contributed by atoms with E-state index in [2.05, 4.69) is 75.5 Å². The van der Waals surface area contributed by atoms with Gasteiger partial charge in [0, 0.05) is 0 Å². The van der Waals surface area contributed by atoms with Crippen LogP contribution in [0.5, 0.6) is 0 Å². The first kappa shape index (κ1) is 21.9. The predicted octanol–water partition coefficient (Wildman–Crippen LogP) is -0.0666. The molecule has 0 amide bonds. The van der Waals surface area contributed by atoms with E-state index in [9.17, 15) is 0 Å². The molecule has 125 valence electrons. The molecule has 0 aromatic heterocycles. The SMILES string of the molecule is CCC1=C(C)[CH]([Zr+2][Si](C)C)c2cccc(-c3ccccc3)c21.[Cl-].[Cl-]. The quantitative estimate of drug-likeness (QED) is 0.569. The van der Waals surface area contributed by atoms with Crippen LogP contribution in [0.3, 0.4) is 0 Å². The molecule has 0 spiro atoms. The zero-order valence-electron chi connectivity index (χ0n) is 14.7. The Hall–Kier alpha value is -0.140. The van der Waals surface area contributed by atoms with Crippen molar-refractivity contribution in [1.82, 2.24) is 0 Å². The van der Waals surface area contributed by atoms with Gasteiger partial charge in [0.05, 0.1) is 0 Å². The van der Waals surface area contributed by atoms with Gasteiger partial charge in [0.2, 0.25) is 0 Å². The first-order valence-electron chi connectivity index (χ1n) is 8.08. The molecule has 1 aliphatic carbocycles. The van der Waals surface area contributed by atoms with Crippen molar-refractivity contribution in [2.75, 3.05) is 0 Å². The van der Waals surface area contributed by atoms with Gasteiger partial charge in [0.1, 0.15) is 0 Å². The summed E-state index contributed by atoms with van der Waals surface area (Å²) in [5, 5.41) is 0. The minimum atomic E-state index is -0.335. The Morgan fingerprint density at radius 3 is 2.21 bits per heavy atom. The number of rotatable bonds is 4. The van der Waals surface area contributed by atoms with Gasteiger partial charge in [-0.25, -0.2) is 0 Å². The zero-order valence-corrected chi connectivity index (χ0v) is 19.6. The second-order valence-electron chi connectivity index (χ2n) is 6.23. The summed E-state index contributed by atoms with van der Waals surface area (Å²) in [4.78, 5) is 0. The fraction of sp³-hybridized carbons (Fsp3) is 0.300. The number of halogens is 2. The van der Waals surface area contributed by atoms with Crippen molar-refractivity contribution < 1.29 is 47.2 Å². The molecule has 0 nitrogen and oxygen atoms in total. The maximum Gasteiger partial charge on any atom is -1.00 e. The Morgan fingerprint density at radius 1 is 0.958 bits per heavy atom. The standard InChI is InChI=1S/C18H17.C2H6Si.2ClH.Zr/c1-3-16-13(2)12-15-10-7-11-17(18(15)16)14-8-5-4-6-9-14;1-3-2;;;/h4-12H,3H2,1-2H3;1-2H3;2*1H;/q;;;;+2/p-2. The predicted molar refractivity (Wildman–Crippen MR) is 95.0 cm³/mol. The minimum absolute atomic E-state index is 0. The molecule has 0 aliphatic heterocycles. The summed E-state index contributed by atoms with van der Waals surface area (Å²) in [6.45, 7) is 9.75. The van der Waals surface area contributed by atoms with Crippen LogP contribution in [-0.2, 0) is 22.4 Å². The molecule has 1 aliphatic rings. The van der Waals surface area contributed by atoms with Crippen molar-refractivity contribution in [1.29, 1.82) is 0 Å². The van der Waals surface area contributed by atoms with Crippen molar-refractivity contribution in [2.45, 2.75) is 37.0 Å². The number of benzene rings is 2. The van der Waals surface area contributed by atoms with E-state index in [1.54, 1.807) is 22.3 Å². The molecule has 0 saturated heterocycles. The normalized spacial score (nSPS) is 15.5. The molecule has 0 bridgehead atoms. The van der Waals surface area contributed by atoms with Crippen molar-refractivity contribution in [3.63, 3.8) is 0 Å². The maximum absolute atomic E-state index is 2.51. The molecular weight excluding hydrogens is 430 g/mol. The number of allylic oxidation sites excluding steroid dienone is 2. The average molecular weight is 454 g/mol. The molecule has 0 saturated carbocycles. The number of fused-ring (bicyclic) bond motifs is 1. The van der Waals surface area contributed by atoms with Crippen LogP contribution in [0.1, 0.15) is 35.0 Å². The molecule has 1 unspecified atom stereocenters. The zero-order chi connectivity index (χ0) is 15.7. The minimum Gasteiger partial charge on any atom is -1.00 e. The van der Waals surface area contributed by atoms with Gasteiger partial charge in [0.25, 0.3) is 0 Å². The van der Waals surface area contributed by atoms with E-state index in [4.69, 9.17) is 0 Å². The monoisotopic (exact) mass is 451 g/mol. The van der Waals surface area contributed by atoms with E-state index in [-0.39, 0.29) is 53.1 Å². The largest absolute Gasteiger partial charge is 1.00 e. The number of hydrogen-bond donors (Lipinski definition) is 0. The van der Waals surface area contributed by atoms with E-state index in [1.807, 2.05) is 0 Å². The van der Waals surface area contributed by atoms with Gasteiger partial charge in [-0.05, 0) is 0 Å².